The van der Waals surface area contributed by atoms with Crippen molar-refractivity contribution in [3.63, 3.8) is 0 Å². The first kappa shape index (κ1) is 11.2. The standard InChI is InChI=1S/C10H12N2O3/c1-6(10(14)15)12-9-4-3-8(5-11-9)7(2)13/h3-6H,1-2H3,(H,11,12)(H,14,15). The van der Waals surface area contributed by atoms with Crippen LogP contribution in [0.3, 0.4) is 0 Å². The predicted octanol–water partition coefficient (Wildman–Crippen LogP) is 1.17. The first-order valence-corrected chi connectivity index (χ1v) is 4.47. The zero-order valence-electron chi connectivity index (χ0n) is 8.52. The molecule has 0 bridgehead atoms. The van der Waals surface area contributed by atoms with Gasteiger partial charge in [-0.05, 0) is 26.0 Å². The number of hydrogen-bond donors (Lipinski definition) is 2. The highest BCUT2D eigenvalue weighted by atomic mass is 16.4. The van der Waals surface area contributed by atoms with E-state index in [1.807, 2.05) is 0 Å². The van der Waals surface area contributed by atoms with Crippen LogP contribution in [0.1, 0.15) is 24.2 Å². The Balaban J connectivity index is 2.72. The van der Waals surface area contributed by atoms with Gasteiger partial charge in [-0.1, -0.05) is 0 Å². The Kier molecular flexibility index (Phi) is 3.38. The average molecular weight is 208 g/mol. The highest BCUT2D eigenvalue weighted by Crippen LogP contribution is 2.06. The van der Waals surface area contributed by atoms with Crippen LogP contribution in [-0.4, -0.2) is 27.9 Å². The molecule has 1 aromatic rings. The van der Waals surface area contributed by atoms with E-state index in [9.17, 15) is 9.59 Å². The number of aliphatic carboxylic acids is 1. The van der Waals surface area contributed by atoms with Crippen molar-refractivity contribution >= 4 is 17.6 Å². The van der Waals surface area contributed by atoms with Crippen molar-refractivity contribution in [3.05, 3.63) is 23.9 Å². The van der Waals surface area contributed by atoms with E-state index in [-0.39, 0.29) is 5.78 Å². The molecule has 1 unspecified atom stereocenters. The summed E-state index contributed by atoms with van der Waals surface area (Å²) < 4.78 is 0. The number of anilines is 1. The first-order chi connectivity index (χ1) is 7.00. The molecule has 0 aliphatic carbocycles. The first-order valence-electron chi connectivity index (χ1n) is 4.47. The Morgan fingerprint density at radius 2 is 2.13 bits per heavy atom. The van der Waals surface area contributed by atoms with Crippen LogP contribution in [-0.2, 0) is 4.79 Å². The lowest BCUT2D eigenvalue weighted by molar-refractivity contribution is -0.137. The number of rotatable bonds is 4. The van der Waals surface area contributed by atoms with E-state index < -0.39 is 12.0 Å². The largest absolute Gasteiger partial charge is 0.480 e. The molecule has 5 heteroatoms. The van der Waals surface area contributed by atoms with Gasteiger partial charge in [-0.3, -0.25) is 9.59 Å². The predicted molar refractivity (Wildman–Crippen MR) is 55.0 cm³/mol. The zero-order chi connectivity index (χ0) is 11.4. The van der Waals surface area contributed by atoms with Gasteiger partial charge in [0.2, 0.25) is 0 Å². The number of aromatic nitrogens is 1. The van der Waals surface area contributed by atoms with Gasteiger partial charge in [-0.15, -0.1) is 0 Å². The molecular formula is C10H12N2O3. The van der Waals surface area contributed by atoms with Gasteiger partial charge in [0.05, 0.1) is 0 Å². The maximum atomic E-state index is 10.9. The Morgan fingerprint density at radius 3 is 2.53 bits per heavy atom. The Hall–Kier alpha value is -1.91. The van der Waals surface area contributed by atoms with Crippen molar-refractivity contribution in [2.75, 3.05) is 5.32 Å². The summed E-state index contributed by atoms with van der Waals surface area (Å²) in [5, 5.41) is 11.3. The summed E-state index contributed by atoms with van der Waals surface area (Å²) in [6, 6.07) is 2.48. The summed E-state index contributed by atoms with van der Waals surface area (Å²) in [5.41, 5.74) is 0.503. The minimum atomic E-state index is -0.951. The zero-order valence-corrected chi connectivity index (χ0v) is 8.52. The third-order valence-corrected chi connectivity index (χ3v) is 1.90. The van der Waals surface area contributed by atoms with Gasteiger partial charge in [-0.25, -0.2) is 4.98 Å². The lowest BCUT2D eigenvalue weighted by Crippen LogP contribution is -2.25. The van der Waals surface area contributed by atoms with Crippen molar-refractivity contribution in [2.45, 2.75) is 19.9 Å². The lowest BCUT2D eigenvalue weighted by Gasteiger charge is -2.09. The van der Waals surface area contributed by atoms with E-state index in [2.05, 4.69) is 10.3 Å². The van der Waals surface area contributed by atoms with Crippen molar-refractivity contribution in [1.29, 1.82) is 0 Å². The Labute approximate surface area is 87.1 Å². The highest BCUT2D eigenvalue weighted by Gasteiger charge is 2.10. The second kappa shape index (κ2) is 4.54. The summed E-state index contributed by atoms with van der Waals surface area (Å²) in [7, 11) is 0. The van der Waals surface area contributed by atoms with E-state index in [4.69, 9.17) is 5.11 Å². The fourth-order valence-electron chi connectivity index (χ4n) is 0.971. The number of nitrogens with zero attached hydrogens (tertiary/aromatic N) is 1. The summed E-state index contributed by atoms with van der Waals surface area (Å²) in [4.78, 5) is 25.4. The van der Waals surface area contributed by atoms with Gasteiger partial charge in [-0.2, -0.15) is 0 Å². The number of carbonyl (C=O) groups is 2. The SMILES string of the molecule is CC(=O)c1ccc(NC(C)C(=O)O)nc1. The van der Waals surface area contributed by atoms with Crippen LogP contribution < -0.4 is 5.32 Å². The van der Waals surface area contributed by atoms with Crippen molar-refractivity contribution in [2.24, 2.45) is 0 Å². The van der Waals surface area contributed by atoms with Crippen LogP contribution in [0.2, 0.25) is 0 Å². The topological polar surface area (TPSA) is 79.3 Å². The number of hydrogen-bond acceptors (Lipinski definition) is 4. The molecule has 0 spiro atoms. The van der Waals surface area contributed by atoms with Gasteiger partial charge in [0.1, 0.15) is 11.9 Å². The number of Topliss-reactive ketones (excluding diaryl/α,β-unsaturated/α-hetero) is 1. The normalized spacial score (nSPS) is 11.9. The number of carboxylic acid groups (broad SMARTS) is 1. The van der Waals surface area contributed by atoms with Crippen molar-refractivity contribution in [3.8, 4) is 0 Å². The van der Waals surface area contributed by atoms with E-state index in [0.29, 0.717) is 11.4 Å². The molecule has 1 aromatic heterocycles. The molecule has 1 rings (SSSR count). The third-order valence-electron chi connectivity index (χ3n) is 1.90. The summed E-state index contributed by atoms with van der Waals surface area (Å²) >= 11 is 0. The van der Waals surface area contributed by atoms with Crippen molar-refractivity contribution in [1.82, 2.24) is 4.98 Å². The maximum Gasteiger partial charge on any atom is 0.325 e. The summed E-state index contributed by atoms with van der Waals surface area (Å²) in [6.45, 7) is 2.97. The fourth-order valence-corrected chi connectivity index (χ4v) is 0.971. The fraction of sp³-hybridized carbons (Fsp3) is 0.300. The Bertz CT molecular complexity index is 373. The van der Waals surface area contributed by atoms with E-state index >= 15 is 0 Å². The molecule has 0 fully saturated rings. The van der Waals surface area contributed by atoms with Crippen molar-refractivity contribution < 1.29 is 14.7 Å². The Morgan fingerprint density at radius 1 is 1.47 bits per heavy atom. The van der Waals surface area contributed by atoms with Crippen LogP contribution in [0, 0.1) is 0 Å². The molecule has 0 aliphatic rings. The number of ketones is 1. The highest BCUT2D eigenvalue weighted by molar-refractivity contribution is 5.93. The van der Waals surface area contributed by atoms with Crippen LogP contribution in [0.5, 0.6) is 0 Å². The summed E-state index contributed by atoms with van der Waals surface area (Å²) in [5.74, 6) is -0.581. The minimum Gasteiger partial charge on any atom is -0.480 e. The molecule has 0 aromatic carbocycles. The second-order valence-electron chi connectivity index (χ2n) is 3.19. The molecule has 0 radical (unpaired) electrons. The number of carboxylic acids is 1. The van der Waals surface area contributed by atoms with Gasteiger partial charge >= 0.3 is 5.97 Å². The number of carbonyl (C=O) groups excluding carboxylic acids is 1. The van der Waals surface area contributed by atoms with Crippen LogP contribution in [0.25, 0.3) is 0 Å². The van der Waals surface area contributed by atoms with Gasteiger partial charge in [0, 0.05) is 11.8 Å². The van der Waals surface area contributed by atoms with E-state index in [1.54, 1.807) is 12.1 Å². The monoisotopic (exact) mass is 208 g/mol. The maximum absolute atomic E-state index is 10.9. The molecule has 1 heterocycles. The third kappa shape index (κ3) is 3.05. The summed E-state index contributed by atoms with van der Waals surface area (Å²) in [6.07, 6.45) is 1.42. The molecule has 2 N–H and O–H groups in total. The van der Waals surface area contributed by atoms with Gasteiger partial charge in [0.25, 0.3) is 0 Å². The van der Waals surface area contributed by atoms with E-state index in [0.717, 1.165) is 0 Å². The van der Waals surface area contributed by atoms with E-state index in [1.165, 1.54) is 20.0 Å². The molecular weight excluding hydrogens is 196 g/mol. The number of nitrogens with one attached hydrogen (secondary N) is 1. The molecule has 0 saturated heterocycles. The van der Waals surface area contributed by atoms with Crippen LogP contribution >= 0.6 is 0 Å². The van der Waals surface area contributed by atoms with Crippen LogP contribution in [0.4, 0.5) is 5.82 Å². The van der Waals surface area contributed by atoms with Gasteiger partial charge in [0.15, 0.2) is 5.78 Å². The smallest absolute Gasteiger partial charge is 0.325 e. The molecule has 0 aliphatic heterocycles. The second-order valence-corrected chi connectivity index (χ2v) is 3.19. The van der Waals surface area contributed by atoms with Gasteiger partial charge < -0.3 is 10.4 Å². The molecule has 80 valence electrons. The molecule has 1 atom stereocenters. The minimum absolute atomic E-state index is 0.0691. The molecule has 0 saturated carbocycles. The molecule has 5 nitrogen and oxygen atoms in total. The molecule has 0 amide bonds. The quantitative estimate of drug-likeness (QED) is 0.726. The van der Waals surface area contributed by atoms with Crippen LogP contribution in [0.15, 0.2) is 18.3 Å². The average Bonchev–Trinajstić information content (AvgIpc) is 2.18. The molecule has 15 heavy (non-hydrogen) atoms. The number of pyridine rings is 1. The lowest BCUT2D eigenvalue weighted by atomic mass is 10.2.